The molecule has 0 amide bonds. The highest BCUT2D eigenvalue weighted by Crippen LogP contribution is 2.45. The molecule has 0 N–H and O–H groups in total. The number of aryl methyl sites for hydroxylation is 1. The molecule has 3 aromatic carbocycles. The van der Waals surface area contributed by atoms with E-state index in [4.69, 9.17) is 4.18 Å². The number of benzene rings is 3. The highest BCUT2D eigenvalue weighted by Gasteiger charge is 2.35. The van der Waals surface area contributed by atoms with Crippen molar-refractivity contribution in [3.63, 3.8) is 0 Å². The van der Waals surface area contributed by atoms with Gasteiger partial charge in [0, 0.05) is 34.3 Å². The SMILES string of the molecule is Cc1ccc(S(=O)(=O)Oc2nc3c(ccc4ccccc43)c3c2C(=O)c2cnccc2-3)cc1. The summed E-state index contributed by atoms with van der Waals surface area (Å²) in [5.41, 5.74) is 3.32. The number of ketones is 1. The van der Waals surface area contributed by atoms with Crippen LogP contribution in [-0.2, 0) is 10.1 Å². The summed E-state index contributed by atoms with van der Waals surface area (Å²) in [6.07, 6.45) is 3.10. The maximum absolute atomic E-state index is 13.3. The van der Waals surface area contributed by atoms with Gasteiger partial charge in [0.1, 0.15) is 4.90 Å². The number of nitrogens with zero attached hydrogens (tertiary/aromatic N) is 2. The van der Waals surface area contributed by atoms with E-state index in [1.807, 2.05) is 43.3 Å². The molecular formula is C26H16N2O4S. The van der Waals surface area contributed by atoms with Gasteiger partial charge in [0.2, 0.25) is 11.7 Å². The fourth-order valence-electron chi connectivity index (χ4n) is 4.31. The Balaban J connectivity index is 1.67. The van der Waals surface area contributed by atoms with Gasteiger partial charge in [-0.05, 0) is 36.1 Å². The van der Waals surface area contributed by atoms with Gasteiger partial charge in [0.15, 0.2) is 0 Å². The van der Waals surface area contributed by atoms with E-state index in [2.05, 4.69) is 9.97 Å². The minimum Gasteiger partial charge on any atom is -0.357 e. The molecule has 0 aliphatic heterocycles. The van der Waals surface area contributed by atoms with Crippen LogP contribution in [-0.4, -0.2) is 24.2 Å². The lowest BCUT2D eigenvalue weighted by Gasteiger charge is -2.13. The second kappa shape index (κ2) is 6.95. The van der Waals surface area contributed by atoms with E-state index in [0.29, 0.717) is 22.2 Å². The van der Waals surface area contributed by atoms with Crippen molar-refractivity contribution in [1.29, 1.82) is 0 Å². The molecule has 33 heavy (non-hydrogen) atoms. The molecule has 1 aliphatic carbocycles. The zero-order valence-electron chi connectivity index (χ0n) is 17.4. The third kappa shape index (κ3) is 2.93. The van der Waals surface area contributed by atoms with Crippen molar-refractivity contribution in [2.75, 3.05) is 0 Å². The fraction of sp³-hybridized carbons (Fsp3) is 0.0385. The maximum Gasteiger partial charge on any atom is 0.340 e. The molecule has 0 unspecified atom stereocenters. The molecule has 1 aliphatic rings. The van der Waals surface area contributed by atoms with Gasteiger partial charge in [-0.25, -0.2) is 4.98 Å². The maximum atomic E-state index is 13.3. The largest absolute Gasteiger partial charge is 0.357 e. The number of carbonyl (C=O) groups excluding carboxylic acids is 1. The predicted molar refractivity (Wildman–Crippen MR) is 125 cm³/mol. The van der Waals surface area contributed by atoms with Crippen molar-refractivity contribution in [1.82, 2.24) is 9.97 Å². The average Bonchev–Trinajstić information content (AvgIpc) is 3.12. The van der Waals surface area contributed by atoms with E-state index < -0.39 is 10.1 Å². The lowest BCUT2D eigenvalue weighted by molar-refractivity contribution is 0.104. The summed E-state index contributed by atoms with van der Waals surface area (Å²) in [6, 6.07) is 19.6. The molecule has 6 nitrogen and oxygen atoms in total. The van der Waals surface area contributed by atoms with Crippen LogP contribution in [0, 0.1) is 6.92 Å². The van der Waals surface area contributed by atoms with Crippen LogP contribution in [0.15, 0.2) is 84.0 Å². The number of fused-ring (bicyclic) bond motifs is 7. The van der Waals surface area contributed by atoms with E-state index in [1.165, 1.54) is 18.3 Å². The summed E-state index contributed by atoms with van der Waals surface area (Å²) in [6.45, 7) is 1.87. The molecule has 0 bridgehead atoms. The van der Waals surface area contributed by atoms with Gasteiger partial charge < -0.3 is 4.18 Å². The molecule has 0 fully saturated rings. The van der Waals surface area contributed by atoms with Gasteiger partial charge in [-0.15, -0.1) is 0 Å². The molecule has 0 radical (unpaired) electrons. The normalized spacial score (nSPS) is 12.7. The molecule has 2 aromatic heterocycles. The number of rotatable bonds is 3. The smallest absolute Gasteiger partial charge is 0.340 e. The zero-order chi connectivity index (χ0) is 22.7. The molecular weight excluding hydrogens is 436 g/mol. The van der Waals surface area contributed by atoms with Crippen molar-refractivity contribution in [2.45, 2.75) is 11.8 Å². The van der Waals surface area contributed by atoms with Crippen LogP contribution in [0.1, 0.15) is 21.5 Å². The quantitative estimate of drug-likeness (QED) is 0.275. The first kappa shape index (κ1) is 19.6. The van der Waals surface area contributed by atoms with Gasteiger partial charge in [-0.3, -0.25) is 9.78 Å². The Bertz CT molecular complexity index is 1730. The van der Waals surface area contributed by atoms with Crippen LogP contribution in [0.4, 0.5) is 0 Å². The predicted octanol–water partition coefficient (Wildman–Crippen LogP) is 5.07. The van der Waals surface area contributed by atoms with Gasteiger partial charge in [-0.1, -0.05) is 54.1 Å². The number of hydrogen-bond acceptors (Lipinski definition) is 6. The topological polar surface area (TPSA) is 86.2 Å². The molecule has 0 saturated heterocycles. The van der Waals surface area contributed by atoms with E-state index in [0.717, 1.165) is 21.7 Å². The van der Waals surface area contributed by atoms with Crippen LogP contribution in [0.2, 0.25) is 0 Å². The molecule has 0 spiro atoms. The third-order valence-electron chi connectivity index (χ3n) is 5.91. The van der Waals surface area contributed by atoms with Crippen molar-refractivity contribution in [3.05, 3.63) is 95.8 Å². The molecule has 7 heteroatoms. The summed E-state index contributed by atoms with van der Waals surface area (Å²) in [7, 11) is -4.21. The summed E-state index contributed by atoms with van der Waals surface area (Å²) in [4.78, 5) is 22.0. The van der Waals surface area contributed by atoms with E-state index in [1.54, 1.807) is 24.4 Å². The van der Waals surface area contributed by atoms with Gasteiger partial charge in [-0.2, -0.15) is 8.42 Å². The second-order valence-electron chi connectivity index (χ2n) is 7.95. The minimum atomic E-state index is -4.21. The summed E-state index contributed by atoms with van der Waals surface area (Å²) < 4.78 is 31.8. The molecule has 160 valence electrons. The Morgan fingerprint density at radius 2 is 1.61 bits per heavy atom. The van der Waals surface area contributed by atoms with Crippen LogP contribution in [0.5, 0.6) is 5.88 Å². The highest BCUT2D eigenvalue weighted by molar-refractivity contribution is 7.87. The van der Waals surface area contributed by atoms with E-state index in [-0.39, 0.29) is 22.1 Å². The Kier molecular flexibility index (Phi) is 4.12. The number of pyridine rings is 2. The van der Waals surface area contributed by atoms with Gasteiger partial charge >= 0.3 is 10.1 Å². The summed E-state index contributed by atoms with van der Waals surface area (Å²) in [5.74, 6) is -0.583. The second-order valence-corrected chi connectivity index (χ2v) is 9.50. The van der Waals surface area contributed by atoms with Crippen LogP contribution in [0.25, 0.3) is 32.8 Å². The Hall–Kier alpha value is -4.10. The number of carbonyl (C=O) groups is 1. The lowest BCUT2D eigenvalue weighted by Crippen LogP contribution is -2.13. The molecule has 0 saturated carbocycles. The molecule has 0 atom stereocenters. The van der Waals surface area contributed by atoms with Crippen molar-refractivity contribution >= 4 is 37.6 Å². The van der Waals surface area contributed by atoms with Gasteiger partial charge in [0.05, 0.1) is 11.1 Å². The molecule has 2 heterocycles. The lowest BCUT2D eigenvalue weighted by atomic mass is 9.98. The standard InChI is InChI=1S/C26H16N2O4S/c1-15-6-9-17(10-7-15)33(30,31)32-26-23-22(19-12-13-27-14-21(19)25(23)29)20-11-8-16-4-2-3-5-18(16)24(20)28-26/h2-14H,1H3. The first-order valence-electron chi connectivity index (χ1n) is 10.3. The van der Waals surface area contributed by atoms with Crippen LogP contribution >= 0.6 is 0 Å². The van der Waals surface area contributed by atoms with Crippen LogP contribution < -0.4 is 4.18 Å². The minimum absolute atomic E-state index is 0.00806. The number of aromatic nitrogens is 2. The first-order valence-corrected chi connectivity index (χ1v) is 11.7. The van der Waals surface area contributed by atoms with E-state index >= 15 is 0 Å². The Morgan fingerprint density at radius 3 is 2.42 bits per heavy atom. The van der Waals surface area contributed by atoms with Crippen molar-refractivity contribution in [2.24, 2.45) is 0 Å². The average molecular weight is 452 g/mol. The van der Waals surface area contributed by atoms with Crippen molar-refractivity contribution in [3.8, 4) is 17.0 Å². The highest BCUT2D eigenvalue weighted by atomic mass is 32.2. The number of hydrogen-bond donors (Lipinski definition) is 0. The Morgan fingerprint density at radius 1 is 0.818 bits per heavy atom. The first-order chi connectivity index (χ1) is 15.9. The van der Waals surface area contributed by atoms with Gasteiger partial charge in [0.25, 0.3) is 0 Å². The zero-order valence-corrected chi connectivity index (χ0v) is 18.3. The summed E-state index contributed by atoms with van der Waals surface area (Å²) in [5, 5.41) is 2.54. The van der Waals surface area contributed by atoms with E-state index in [9.17, 15) is 13.2 Å². The molecule has 5 aromatic rings. The van der Waals surface area contributed by atoms with Crippen LogP contribution in [0.3, 0.4) is 0 Å². The molecule has 6 rings (SSSR count). The third-order valence-corrected chi connectivity index (χ3v) is 7.13. The Labute approximate surface area is 189 Å². The summed E-state index contributed by atoms with van der Waals surface area (Å²) >= 11 is 0. The fourth-order valence-corrected chi connectivity index (χ4v) is 5.21. The monoisotopic (exact) mass is 452 g/mol. The van der Waals surface area contributed by atoms with Crippen molar-refractivity contribution < 1.29 is 17.4 Å².